The first-order valence-corrected chi connectivity index (χ1v) is 13.6. The summed E-state index contributed by atoms with van der Waals surface area (Å²) in [6, 6.07) is 15.6. The second-order valence-electron chi connectivity index (χ2n) is 9.56. The standard InChI is InChI=1S/C24H30NO2PS2.H3N/c1-23(2,3)20-15-19(16-21(22(20)26)24(4,5)6)28(29,30)27-18-11-9-17(10-12-18)25-13-7-8-14-25;/h7-16,26H,1-6H3,(H,29,30);1H3. The summed E-state index contributed by atoms with van der Waals surface area (Å²) in [5.74, 6) is 0.978. The van der Waals surface area contributed by atoms with Crippen molar-refractivity contribution in [1.82, 2.24) is 10.7 Å². The predicted octanol–water partition coefficient (Wildman–Crippen LogP) is 6.71. The van der Waals surface area contributed by atoms with Crippen molar-refractivity contribution < 1.29 is 9.63 Å². The quantitative estimate of drug-likeness (QED) is 0.324. The van der Waals surface area contributed by atoms with Gasteiger partial charge in [-0.2, -0.15) is 0 Å². The molecule has 168 valence electrons. The molecular weight excluding hydrogens is 443 g/mol. The van der Waals surface area contributed by atoms with Gasteiger partial charge in [0.05, 0.1) is 0 Å². The highest BCUT2D eigenvalue weighted by Gasteiger charge is 2.28. The number of benzene rings is 2. The molecule has 0 aliphatic carbocycles. The third kappa shape index (κ3) is 5.75. The molecule has 7 heteroatoms. The molecule has 1 unspecified atom stereocenters. The number of aromatic nitrogens is 1. The fourth-order valence-corrected chi connectivity index (χ4v) is 5.53. The first-order chi connectivity index (χ1) is 13.8. The molecule has 0 saturated carbocycles. The van der Waals surface area contributed by atoms with Gasteiger partial charge in [0.15, 0.2) is 0 Å². The summed E-state index contributed by atoms with van der Waals surface area (Å²) in [7, 11) is 0. The summed E-state index contributed by atoms with van der Waals surface area (Å²) in [5, 5.41) is 11.8. The van der Waals surface area contributed by atoms with Gasteiger partial charge in [-0.25, -0.2) is 0 Å². The maximum absolute atomic E-state index is 11.0. The highest BCUT2D eigenvalue weighted by Crippen LogP contribution is 2.48. The van der Waals surface area contributed by atoms with Crippen LogP contribution in [0.15, 0.2) is 60.9 Å². The molecule has 3 aromatic rings. The van der Waals surface area contributed by atoms with E-state index in [1.165, 1.54) is 0 Å². The van der Waals surface area contributed by atoms with Gasteiger partial charge >= 0.3 is 0 Å². The van der Waals surface area contributed by atoms with Crippen molar-refractivity contribution >= 4 is 34.8 Å². The number of rotatable bonds is 4. The Hall–Kier alpha value is -1.72. The molecular formula is C24H33N2O2PS2. The molecule has 0 aliphatic heterocycles. The second-order valence-corrected chi connectivity index (χ2v) is 15.0. The fourth-order valence-electron chi connectivity index (χ4n) is 3.30. The van der Waals surface area contributed by atoms with E-state index < -0.39 is 5.47 Å². The van der Waals surface area contributed by atoms with Crippen molar-refractivity contribution in [2.45, 2.75) is 52.4 Å². The van der Waals surface area contributed by atoms with Crippen molar-refractivity contribution in [2.75, 3.05) is 0 Å². The third-order valence-electron chi connectivity index (χ3n) is 4.99. The number of phenols is 1. The molecule has 0 amide bonds. The van der Waals surface area contributed by atoms with Crippen LogP contribution in [0.1, 0.15) is 52.7 Å². The summed E-state index contributed by atoms with van der Waals surface area (Å²) < 4.78 is 8.21. The second kappa shape index (κ2) is 9.03. The number of quaternary nitrogens is 1. The lowest BCUT2D eigenvalue weighted by Crippen LogP contribution is -2.22. The zero-order chi connectivity index (χ0) is 22.3. The Morgan fingerprint density at radius 3 is 1.77 bits per heavy atom. The van der Waals surface area contributed by atoms with Crippen molar-refractivity contribution in [2.24, 2.45) is 0 Å². The van der Waals surface area contributed by atoms with E-state index in [4.69, 9.17) is 28.6 Å². The Bertz CT molecular complexity index is 1050. The molecule has 2 aromatic carbocycles. The van der Waals surface area contributed by atoms with Crippen LogP contribution in [0.3, 0.4) is 0 Å². The van der Waals surface area contributed by atoms with E-state index in [0.29, 0.717) is 11.5 Å². The van der Waals surface area contributed by atoms with E-state index in [1.807, 2.05) is 65.5 Å². The number of nitrogens with zero attached hydrogens (tertiary/aromatic N) is 1. The summed E-state index contributed by atoms with van der Waals surface area (Å²) in [6.07, 6.45) is 3.98. The molecule has 1 atom stereocenters. The van der Waals surface area contributed by atoms with E-state index in [2.05, 4.69) is 41.5 Å². The molecule has 4 nitrogen and oxygen atoms in total. The highest BCUT2D eigenvalue weighted by molar-refractivity contribution is 8.56. The van der Waals surface area contributed by atoms with Crippen LogP contribution in [0.25, 0.3) is 5.69 Å². The van der Waals surface area contributed by atoms with Gasteiger partial charge < -0.3 is 32.6 Å². The van der Waals surface area contributed by atoms with Crippen LogP contribution in [0.5, 0.6) is 11.5 Å². The summed E-state index contributed by atoms with van der Waals surface area (Å²) in [6.45, 7) is 12.5. The third-order valence-corrected chi connectivity index (χ3v) is 8.05. The normalized spacial score (nSPS) is 13.9. The minimum Gasteiger partial charge on any atom is -0.702 e. The van der Waals surface area contributed by atoms with E-state index in [-0.39, 0.29) is 17.0 Å². The van der Waals surface area contributed by atoms with Crippen LogP contribution in [0, 0.1) is 0 Å². The van der Waals surface area contributed by atoms with Crippen LogP contribution in [-0.2, 0) is 34.9 Å². The SMILES string of the molecule is CC(C)(C)c1cc(P(=S)([S-])Oc2ccc(-n3cccc3)cc2)cc(C(C)(C)C)c1O.[NH4+]. The zero-order valence-electron chi connectivity index (χ0n) is 19.3. The summed E-state index contributed by atoms with van der Waals surface area (Å²) in [5.41, 5.74) is -0.522. The summed E-state index contributed by atoms with van der Waals surface area (Å²) in [4.78, 5) is 0. The molecule has 5 N–H and O–H groups in total. The van der Waals surface area contributed by atoms with Crippen molar-refractivity contribution in [1.29, 1.82) is 0 Å². The molecule has 0 aliphatic rings. The molecule has 1 heterocycles. The Morgan fingerprint density at radius 1 is 0.903 bits per heavy atom. The average Bonchev–Trinajstić information content (AvgIpc) is 3.14. The van der Waals surface area contributed by atoms with Gasteiger partial charge in [-0.1, -0.05) is 53.3 Å². The molecule has 0 saturated heterocycles. The van der Waals surface area contributed by atoms with Gasteiger partial charge in [0.2, 0.25) is 0 Å². The van der Waals surface area contributed by atoms with Crippen LogP contribution < -0.4 is 16.0 Å². The largest absolute Gasteiger partial charge is 0.702 e. The van der Waals surface area contributed by atoms with Gasteiger partial charge in [-0.3, -0.25) is 0 Å². The van der Waals surface area contributed by atoms with Gasteiger partial charge in [0.25, 0.3) is 0 Å². The molecule has 3 rings (SSSR count). The van der Waals surface area contributed by atoms with Crippen molar-refractivity contribution in [3.8, 4) is 17.2 Å². The van der Waals surface area contributed by atoms with Crippen molar-refractivity contribution in [3.05, 3.63) is 72.1 Å². The van der Waals surface area contributed by atoms with Gasteiger partial charge in [0.1, 0.15) is 11.5 Å². The Morgan fingerprint density at radius 2 is 1.35 bits per heavy atom. The minimum atomic E-state index is -2.76. The fraction of sp³-hybridized carbons (Fsp3) is 0.333. The van der Waals surface area contributed by atoms with Crippen LogP contribution in [-0.4, -0.2) is 9.67 Å². The zero-order valence-corrected chi connectivity index (χ0v) is 21.9. The average molecular weight is 477 g/mol. The van der Waals surface area contributed by atoms with Gasteiger partial charge in [-0.15, -0.1) is 0 Å². The van der Waals surface area contributed by atoms with E-state index in [1.54, 1.807) is 0 Å². The molecule has 0 bridgehead atoms. The monoisotopic (exact) mass is 476 g/mol. The molecule has 1 aromatic heterocycles. The smallest absolute Gasteiger partial charge is 0.123 e. The molecule has 0 fully saturated rings. The van der Waals surface area contributed by atoms with E-state index in [9.17, 15) is 5.11 Å². The number of hydrogen-bond donors (Lipinski definition) is 2. The number of phenolic OH excluding ortho intramolecular Hbond substituents is 1. The Labute approximate surface area is 196 Å². The van der Waals surface area contributed by atoms with E-state index in [0.717, 1.165) is 22.1 Å². The van der Waals surface area contributed by atoms with Gasteiger partial charge in [-0.05, 0) is 64.7 Å². The maximum atomic E-state index is 11.0. The highest BCUT2D eigenvalue weighted by atomic mass is 32.9. The molecule has 31 heavy (non-hydrogen) atoms. The predicted molar refractivity (Wildman–Crippen MR) is 139 cm³/mol. The van der Waals surface area contributed by atoms with Crippen LogP contribution in [0.2, 0.25) is 0 Å². The Balaban J connectivity index is 0.00000341. The lowest BCUT2D eigenvalue weighted by atomic mass is 9.79. The minimum absolute atomic E-state index is 0. The lowest BCUT2D eigenvalue weighted by molar-refractivity contribution is 0.424. The van der Waals surface area contributed by atoms with Crippen molar-refractivity contribution in [3.63, 3.8) is 0 Å². The first-order valence-electron chi connectivity index (χ1n) is 9.92. The number of aromatic hydroxyl groups is 1. The molecule has 0 radical (unpaired) electrons. The summed E-state index contributed by atoms with van der Waals surface area (Å²) >= 11 is 11.7. The lowest BCUT2D eigenvalue weighted by Gasteiger charge is -2.34. The van der Waals surface area contributed by atoms with Gasteiger partial charge in [0, 0.05) is 34.7 Å². The number of hydrogen-bond acceptors (Lipinski definition) is 4. The topological polar surface area (TPSA) is 70.9 Å². The maximum Gasteiger partial charge on any atom is 0.123 e. The van der Waals surface area contributed by atoms with E-state index >= 15 is 0 Å². The van der Waals surface area contributed by atoms with Crippen LogP contribution in [0.4, 0.5) is 0 Å². The first kappa shape index (κ1) is 25.5. The van der Waals surface area contributed by atoms with Crippen LogP contribution >= 0.6 is 5.47 Å². The Kier molecular flexibility index (Phi) is 7.44. The molecule has 0 spiro atoms.